The summed E-state index contributed by atoms with van der Waals surface area (Å²) in [4.78, 5) is 27.3. The zero-order valence-corrected chi connectivity index (χ0v) is 19.2. The van der Waals surface area contributed by atoms with E-state index < -0.39 is 12.1 Å². The van der Waals surface area contributed by atoms with Crippen LogP contribution in [0.1, 0.15) is 37.1 Å². The second-order valence-corrected chi connectivity index (χ2v) is 7.89. The lowest BCUT2D eigenvalue weighted by molar-refractivity contribution is -0.136. The molecule has 180 valence electrons. The second kappa shape index (κ2) is 11.7. The minimum atomic E-state index is -0.896. The van der Waals surface area contributed by atoms with Crippen molar-refractivity contribution in [3.8, 4) is 23.1 Å². The topological polar surface area (TPSA) is 134 Å². The summed E-state index contributed by atoms with van der Waals surface area (Å²) in [5.41, 5.74) is 2.84. The number of hydrogen-bond acceptors (Lipinski definition) is 6. The second-order valence-electron chi connectivity index (χ2n) is 7.89. The summed E-state index contributed by atoms with van der Waals surface area (Å²) in [6.45, 7) is 3.96. The fourth-order valence-electron chi connectivity index (χ4n) is 3.26. The number of carbonyl (C=O) groups excluding carboxylic acids is 1. The van der Waals surface area contributed by atoms with Crippen LogP contribution in [0.4, 0.5) is 4.79 Å². The van der Waals surface area contributed by atoms with Crippen molar-refractivity contribution in [3.63, 3.8) is 0 Å². The summed E-state index contributed by atoms with van der Waals surface area (Å²) in [6, 6.07) is 14.7. The third kappa shape index (κ3) is 7.26. The molecule has 0 bridgehead atoms. The van der Waals surface area contributed by atoms with Crippen molar-refractivity contribution >= 4 is 12.1 Å². The van der Waals surface area contributed by atoms with E-state index in [2.05, 4.69) is 10.3 Å². The Kier molecular flexibility index (Phi) is 8.50. The Balaban J connectivity index is 1.64. The summed E-state index contributed by atoms with van der Waals surface area (Å²) >= 11 is 0. The third-order valence-electron chi connectivity index (χ3n) is 4.88. The molecule has 2 aromatic carbocycles. The number of carbonyl (C=O) groups is 2. The van der Waals surface area contributed by atoms with Crippen LogP contribution >= 0.6 is 0 Å². The first-order valence-corrected chi connectivity index (χ1v) is 11.0. The SMILES string of the molecule is CC(C)OC(=O)NCc1cc(OCCc2nc(-c3ccccc3)oc2[OH2+])ccc1CCC(=O)O. The number of alkyl carbamates (subject to hydrolysis) is 1. The average Bonchev–Trinajstić information content (AvgIpc) is 3.17. The first-order chi connectivity index (χ1) is 16.3. The monoisotopic (exact) mass is 469 g/mol. The number of carboxylic acid groups (broad SMARTS) is 1. The summed E-state index contributed by atoms with van der Waals surface area (Å²) in [7, 11) is 0. The molecule has 4 N–H and O–H groups in total. The highest BCUT2D eigenvalue weighted by atomic mass is 16.6. The molecule has 9 nitrogen and oxygen atoms in total. The van der Waals surface area contributed by atoms with Gasteiger partial charge in [-0.3, -0.25) is 9.21 Å². The van der Waals surface area contributed by atoms with E-state index in [0.717, 1.165) is 16.7 Å². The molecule has 3 aromatic rings. The van der Waals surface area contributed by atoms with Gasteiger partial charge in [0.05, 0.1) is 18.3 Å². The van der Waals surface area contributed by atoms with Crippen molar-refractivity contribution in [2.24, 2.45) is 0 Å². The van der Waals surface area contributed by atoms with Gasteiger partial charge in [0.25, 0.3) is 0 Å². The molecule has 9 heteroatoms. The van der Waals surface area contributed by atoms with Crippen LogP contribution in [0.5, 0.6) is 11.7 Å². The smallest absolute Gasteiger partial charge is 0.482 e. The number of oxazole rings is 1. The maximum atomic E-state index is 11.9. The number of ether oxygens (including phenoxy) is 2. The van der Waals surface area contributed by atoms with Gasteiger partial charge >= 0.3 is 23.9 Å². The van der Waals surface area contributed by atoms with Crippen molar-refractivity contribution in [1.29, 1.82) is 0 Å². The van der Waals surface area contributed by atoms with E-state index in [4.69, 9.17) is 24.1 Å². The van der Waals surface area contributed by atoms with Gasteiger partial charge in [0.2, 0.25) is 0 Å². The number of aromatic nitrogens is 1. The highest BCUT2D eigenvalue weighted by Crippen LogP contribution is 2.27. The van der Waals surface area contributed by atoms with Crippen molar-refractivity contribution in [2.45, 2.75) is 45.8 Å². The van der Waals surface area contributed by atoms with Gasteiger partial charge in [0.1, 0.15) is 5.75 Å². The minimum Gasteiger partial charge on any atom is -0.565 e. The number of rotatable bonds is 11. The quantitative estimate of drug-likeness (QED) is 0.405. The Morgan fingerprint density at radius 1 is 1.12 bits per heavy atom. The predicted octanol–water partition coefficient (Wildman–Crippen LogP) is 4.05. The lowest BCUT2D eigenvalue weighted by Crippen LogP contribution is -2.26. The summed E-state index contributed by atoms with van der Waals surface area (Å²) in [5, 5.41) is 19.7. The molecule has 0 saturated heterocycles. The molecule has 1 heterocycles. The number of aliphatic carboxylic acids is 1. The molecule has 0 saturated carbocycles. The maximum absolute atomic E-state index is 11.9. The molecule has 0 atom stereocenters. The van der Waals surface area contributed by atoms with Gasteiger partial charge in [-0.2, -0.15) is 4.98 Å². The van der Waals surface area contributed by atoms with Crippen LogP contribution in [-0.2, 0) is 28.9 Å². The fourth-order valence-corrected chi connectivity index (χ4v) is 3.26. The van der Waals surface area contributed by atoms with E-state index in [1.807, 2.05) is 30.3 Å². The first kappa shape index (κ1) is 24.6. The van der Waals surface area contributed by atoms with Gasteiger partial charge in [0, 0.05) is 19.4 Å². The van der Waals surface area contributed by atoms with Gasteiger partial charge in [-0.05, 0) is 55.7 Å². The molecule has 0 aliphatic carbocycles. The van der Waals surface area contributed by atoms with Gasteiger partial charge in [0.15, 0.2) is 5.69 Å². The van der Waals surface area contributed by atoms with Crippen molar-refractivity contribution in [3.05, 3.63) is 65.4 Å². The fraction of sp³-hybridized carbons (Fsp3) is 0.320. The number of aryl methyl sites for hydroxylation is 1. The summed E-state index contributed by atoms with van der Waals surface area (Å²) < 4.78 is 16.4. The van der Waals surface area contributed by atoms with Crippen LogP contribution in [-0.4, -0.2) is 40.0 Å². The van der Waals surface area contributed by atoms with Gasteiger partial charge in [-0.1, -0.05) is 24.3 Å². The van der Waals surface area contributed by atoms with Crippen LogP contribution in [0.25, 0.3) is 11.5 Å². The zero-order valence-electron chi connectivity index (χ0n) is 19.2. The van der Waals surface area contributed by atoms with Crippen molar-refractivity contribution < 1.29 is 33.7 Å². The molecule has 1 amide bonds. The van der Waals surface area contributed by atoms with Crippen molar-refractivity contribution in [2.75, 3.05) is 6.61 Å². The van der Waals surface area contributed by atoms with Crippen LogP contribution in [0.15, 0.2) is 52.9 Å². The van der Waals surface area contributed by atoms with Crippen LogP contribution in [0.2, 0.25) is 0 Å². The average molecular weight is 470 g/mol. The normalized spacial score (nSPS) is 10.8. The standard InChI is InChI=1S/C25H28N2O7/c1-16(2)33-25(31)26-15-19-14-20(10-8-17(19)9-11-22(28)29)32-13-12-21-24(30)34-23(27-21)18-6-4-3-5-7-18/h3-8,10,14,16,30H,9,11-13,15H2,1-2H3,(H,26,31)(H,28,29)/p+1. The van der Waals surface area contributed by atoms with Gasteiger partial charge in [-0.25, -0.2) is 4.79 Å². The molecule has 0 unspecified atom stereocenters. The number of carboxylic acids is 1. The Labute approximate surface area is 197 Å². The number of nitrogens with zero attached hydrogens (tertiary/aromatic N) is 1. The molecule has 34 heavy (non-hydrogen) atoms. The van der Waals surface area contributed by atoms with E-state index in [1.54, 1.807) is 32.0 Å². The molecule has 0 radical (unpaired) electrons. The van der Waals surface area contributed by atoms with Gasteiger partial charge < -0.3 is 25.0 Å². The molecular weight excluding hydrogens is 440 g/mol. The maximum Gasteiger partial charge on any atom is 0.482 e. The summed E-state index contributed by atoms with van der Waals surface area (Å²) in [5.74, 6) is 0.0589. The Morgan fingerprint density at radius 3 is 2.59 bits per heavy atom. The summed E-state index contributed by atoms with van der Waals surface area (Å²) in [6.07, 6.45) is -0.110. The largest absolute Gasteiger partial charge is 0.565 e. The molecule has 0 aliphatic rings. The van der Waals surface area contributed by atoms with Crippen LogP contribution < -0.4 is 10.1 Å². The predicted molar refractivity (Wildman–Crippen MR) is 125 cm³/mol. The van der Waals surface area contributed by atoms with E-state index >= 15 is 0 Å². The highest BCUT2D eigenvalue weighted by Gasteiger charge is 2.21. The molecule has 1 aromatic heterocycles. The number of hydrogen-bond donors (Lipinski definition) is 2. The van der Waals surface area contributed by atoms with E-state index in [1.165, 1.54) is 0 Å². The Hall–Kier alpha value is -4.01. The van der Waals surface area contributed by atoms with E-state index in [9.17, 15) is 9.59 Å². The molecule has 0 fully saturated rings. The number of benzene rings is 2. The Bertz CT molecular complexity index is 1110. The zero-order chi connectivity index (χ0) is 24.5. The third-order valence-corrected chi connectivity index (χ3v) is 4.88. The lowest BCUT2D eigenvalue weighted by atomic mass is 10.0. The lowest BCUT2D eigenvalue weighted by Gasteiger charge is -2.14. The molecular formula is C25H29N2O7+. The number of nitrogens with one attached hydrogen (secondary N) is 1. The van der Waals surface area contributed by atoms with Crippen LogP contribution in [0.3, 0.4) is 0 Å². The molecule has 3 rings (SSSR count). The first-order valence-electron chi connectivity index (χ1n) is 11.0. The van der Waals surface area contributed by atoms with Crippen LogP contribution in [0, 0.1) is 0 Å². The minimum absolute atomic E-state index is 0.0000237. The van der Waals surface area contributed by atoms with Crippen molar-refractivity contribution in [1.82, 2.24) is 10.3 Å². The van der Waals surface area contributed by atoms with E-state index in [0.29, 0.717) is 30.2 Å². The van der Waals surface area contributed by atoms with Gasteiger partial charge in [-0.15, -0.1) is 0 Å². The highest BCUT2D eigenvalue weighted by molar-refractivity contribution is 5.68. The number of amides is 1. The molecule has 0 aliphatic heterocycles. The Morgan fingerprint density at radius 2 is 1.88 bits per heavy atom. The molecule has 0 spiro atoms. The van der Waals surface area contributed by atoms with E-state index in [-0.39, 0.29) is 31.6 Å².